The van der Waals surface area contributed by atoms with Gasteiger partial charge in [-0.25, -0.2) is 0 Å². The molecule has 0 saturated heterocycles. The first-order chi connectivity index (χ1) is 12.5. The summed E-state index contributed by atoms with van der Waals surface area (Å²) < 4.78 is 10.5. The number of esters is 1. The quantitative estimate of drug-likeness (QED) is 0.779. The zero-order valence-electron chi connectivity index (χ0n) is 14.1. The molecule has 0 saturated carbocycles. The Balaban J connectivity index is 1.55. The van der Waals surface area contributed by atoms with E-state index in [9.17, 15) is 14.4 Å². The van der Waals surface area contributed by atoms with Crippen molar-refractivity contribution in [3.05, 3.63) is 46.7 Å². The minimum absolute atomic E-state index is 0.138. The first-order valence-corrected chi connectivity index (χ1v) is 8.94. The summed E-state index contributed by atoms with van der Waals surface area (Å²) in [6, 6.07) is 10.7. The van der Waals surface area contributed by atoms with E-state index in [0.717, 1.165) is 4.88 Å². The Kier molecular flexibility index (Phi) is 5.52. The summed E-state index contributed by atoms with van der Waals surface area (Å²) in [7, 11) is 0. The van der Waals surface area contributed by atoms with Crippen molar-refractivity contribution in [3.8, 4) is 5.75 Å². The minimum atomic E-state index is -0.950. The Bertz CT molecular complexity index is 806. The van der Waals surface area contributed by atoms with Crippen molar-refractivity contribution in [3.63, 3.8) is 0 Å². The van der Waals surface area contributed by atoms with Crippen LogP contribution in [0.15, 0.2) is 41.8 Å². The van der Waals surface area contributed by atoms with Gasteiger partial charge in [-0.05, 0) is 30.5 Å². The topological polar surface area (TPSA) is 84.9 Å². The fourth-order valence-corrected chi connectivity index (χ4v) is 3.12. The van der Waals surface area contributed by atoms with Gasteiger partial charge in [-0.3, -0.25) is 19.3 Å². The van der Waals surface area contributed by atoms with Crippen molar-refractivity contribution < 1.29 is 23.9 Å². The number of fused-ring (bicyclic) bond motifs is 1. The average molecular weight is 374 g/mol. The van der Waals surface area contributed by atoms with Crippen LogP contribution in [0, 0.1) is 0 Å². The van der Waals surface area contributed by atoms with Crippen LogP contribution in [0.3, 0.4) is 0 Å². The molecule has 2 amide bonds. The third kappa shape index (κ3) is 4.20. The number of nitrogens with one attached hydrogen (secondary N) is 1. The van der Waals surface area contributed by atoms with Crippen LogP contribution in [0.5, 0.6) is 5.75 Å². The van der Waals surface area contributed by atoms with Crippen LogP contribution in [0.4, 0.5) is 5.69 Å². The average Bonchev–Trinajstić information content (AvgIpc) is 3.15. The van der Waals surface area contributed by atoms with Crippen LogP contribution in [-0.2, 0) is 25.7 Å². The van der Waals surface area contributed by atoms with E-state index in [1.165, 1.54) is 23.2 Å². The van der Waals surface area contributed by atoms with E-state index in [1.807, 2.05) is 17.5 Å². The zero-order chi connectivity index (χ0) is 18.5. The maximum absolute atomic E-state index is 12.2. The Morgan fingerprint density at radius 3 is 2.88 bits per heavy atom. The lowest BCUT2D eigenvalue weighted by Gasteiger charge is -2.28. The summed E-state index contributed by atoms with van der Waals surface area (Å²) in [6.45, 7) is 1.47. The maximum atomic E-state index is 12.2. The highest BCUT2D eigenvalue weighted by atomic mass is 32.1. The Morgan fingerprint density at radius 2 is 2.12 bits per heavy atom. The van der Waals surface area contributed by atoms with Gasteiger partial charge in [-0.2, -0.15) is 0 Å². The minimum Gasteiger partial charge on any atom is -0.482 e. The van der Waals surface area contributed by atoms with Gasteiger partial charge in [-0.1, -0.05) is 18.2 Å². The molecule has 3 rings (SSSR count). The molecular formula is C18H18N2O5S. The molecule has 0 unspecified atom stereocenters. The van der Waals surface area contributed by atoms with Gasteiger partial charge < -0.3 is 14.8 Å². The number of nitrogens with zero attached hydrogens (tertiary/aromatic N) is 1. The number of rotatable bonds is 6. The van der Waals surface area contributed by atoms with Crippen molar-refractivity contribution >= 4 is 34.8 Å². The second kappa shape index (κ2) is 8.01. The number of thiophene rings is 1. The van der Waals surface area contributed by atoms with Crippen LogP contribution in [-0.4, -0.2) is 37.0 Å². The van der Waals surface area contributed by atoms with Gasteiger partial charge in [-0.15, -0.1) is 11.3 Å². The molecule has 0 aliphatic carbocycles. The second-order valence-electron chi connectivity index (χ2n) is 5.67. The lowest BCUT2D eigenvalue weighted by atomic mass is 10.2. The van der Waals surface area contributed by atoms with E-state index in [4.69, 9.17) is 9.47 Å². The SMILES string of the molecule is C[C@H](OC(=O)CN1C(=O)COc2ccccc21)C(=O)NCc1cccs1. The Morgan fingerprint density at radius 1 is 1.31 bits per heavy atom. The largest absolute Gasteiger partial charge is 0.482 e. The number of hydrogen-bond acceptors (Lipinski definition) is 6. The van der Waals surface area contributed by atoms with Gasteiger partial charge in [0.1, 0.15) is 12.3 Å². The standard InChI is InChI=1S/C18H18N2O5S/c1-12(18(23)19-9-13-5-4-8-26-13)25-17(22)10-20-14-6-2-3-7-15(14)24-11-16(20)21/h2-8,12H,9-11H2,1H3,(H,19,23)/t12-/m0/s1. The normalized spacial score (nSPS) is 14.2. The fourth-order valence-electron chi connectivity index (χ4n) is 2.48. The third-order valence-corrected chi connectivity index (χ3v) is 4.67. The summed E-state index contributed by atoms with van der Waals surface area (Å²) in [5, 5.41) is 4.63. The molecule has 1 N–H and O–H groups in total. The van der Waals surface area contributed by atoms with Crippen molar-refractivity contribution in [1.82, 2.24) is 5.32 Å². The lowest BCUT2D eigenvalue weighted by Crippen LogP contribution is -2.44. The molecule has 0 fully saturated rings. The lowest BCUT2D eigenvalue weighted by molar-refractivity contribution is -0.154. The molecule has 7 nitrogen and oxygen atoms in total. The van der Waals surface area contributed by atoms with Gasteiger partial charge >= 0.3 is 5.97 Å². The van der Waals surface area contributed by atoms with Crippen molar-refractivity contribution in [2.75, 3.05) is 18.1 Å². The van der Waals surface area contributed by atoms with Gasteiger partial charge in [0.25, 0.3) is 11.8 Å². The highest BCUT2D eigenvalue weighted by molar-refractivity contribution is 7.09. The molecule has 2 aromatic rings. The number of hydrogen-bond donors (Lipinski definition) is 1. The van der Waals surface area contributed by atoms with Crippen molar-refractivity contribution in [2.45, 2.75) is 19.6 Å². The molecule has 1 aliphatic rings. The molecule has 0 radical (unpaired) electrons. The number of carbonyl (C=O) groups excluding carboxylic acids is 3. The molecule has 0 bridgehead atoms. The first-order valence-electron chi connectivity index (χ1n) is 8.06. The number of para-hydroxylation sites is 2. The monoisotopic (exact) mass is 374 g/mol. The summed E-state index contributed by atoms with van der Waals surface area (Å²) in [4.78, 5) is 38.6. The predicted molar refractivity (Wildman–Crippen MR) is 96.0 cm³/mol. The molecule has 1 aliphatic heterocycles. The maximum Gasteiger partial charge on any atom is 0.326 e. The first kappa shape index (κ1) is 17.9. The molecule has 136 valence electrons. The number of anilines is 1. The molecule has 0 spiro atoms. The fraction of sp³-hybridized carbons (Fsp3) is 0.278. The molecule has 1 aromatic heterocycles. The predicted octanol–water partition coefficient (Wildman–Crippen LogP) is 1.72. The summed E-state index contributed by atoms with van der Waals surface area (Å²) in [5.41, 5.74) is 0.510. The van der Waals surface area contributed by atoms with Gasteiger partial charge in [0.15, 0.2) is 12.7 Å². The van der Waals surface area contributed by atoms with Crippen molar-refractivity contribution in [2.24, 2.45) is 0 Å². The third-order valence-electron chi connectivity index (χ3n) is 3.79. The molecule has 8 heteroatoms. The highest BCUT2D eigenvalue weighted by Crippen LogP contribution is 2.31. The van der Waals surface area contributed by atoms with E-state index < -0.39 is 12.1 Å². The van der Waals surface area contributed by atoms with Crippen LogP contribution >= 0.6 is 11.3 Å². The number of ether oxygens (including phenoxy) is 2. The van der Waals surface area contributed by atoms with E-state index in [1.54, 1.807) is 24.3 Å². The molecule has 26 heavy (non-hydrogen) atoms. The second-order valence-corrected chi connectivity index (χ2v) is 6.70. The number of carbonyl (C=O) groups is 3. The summed E-state index contributed by atoms with van der Waals surface area (Å²) in [5.74, 6) is -0.855. The van der Waals surface area contributed by atoms with E-state index in [2.05, 4.69) is 5.32 Å². The number of benzene rings is 1. The van der Waals surface area contributed by atoms with Crippen LogP contribution in [0.2, 0.25) is 0 Å². The zero-order valence-corrected chi connectivity index (χ0v) is 15.0. The van der Waals surface area contributed by atoms with Gasteiger partial charge in [0, 0.05) is 4.88 Å². The van der Waals surface area contributed by atoms with Crippen molar-refractivity contribution in [1.29, 1.82) is 0 Å². The Hall–Kier alpha value is -2.87. The van der Waals surface area contributed by atoms with Crippen LogP contribution in [0.25, 0.3) is 0 Å². The van der Waals surface area contributed by atoms with Crippen LogP contribution in [0.1, 0.15) is 11.8 Å². The van der Waals surface area contributed by atoms with E-state index >= 15 is 0 Å². The molecular weight excluding hydrogens is 356 g/mol. The number of amides is 2. The van der Waals surface area contributed by atoms with Crippen LogP contribution < -0.4 is 15.0 Å². The molecule has 1 aromatic carbocycles. The van der Waals surface area contributed by atoms with Gasteiger partial charge in [0.2, 0.25) is 0 Å². The van der Waals surface area contributed by atoms with Gasteiger partial charge in [0.05, 0.1) is 12.2 Å². The molecule has 1 atom stereocenters. The smallest absolute Gasteiger partial charge is 0.326 e. The van der Waals surface area contributed by atoms with E-state index in [0.29, 0.717) is 18.0 Å². The Labute approximate surface area is 154 Å². The summed E-state index contributed by atoms with van der Waals surface area (Å²) >= 11 is 1.53. The molecule has 2 heterocycles. The summed E-state index contributed by atoms with van der Waals surface area (Å²) in [6.07, 6.45) is -0.950. The highest BCUT2D eigenvalue weighted by Gasteiger charge is 2.28. The van der Waals surface area contributed by atoms with E-state index in [-0.39, 0.29) is 25.0 Å².